The minimum atomic E-state index is -1.58. The Bertz CT molecular complexity index is 1740. The van der Waals surface area contributed by atoms with Crippen LogP contribution >= 0.6 is 0 Å². The van der Waals surface area contributed by atoms with Crippen molar-refractivity contribution >= 4 is 23.5 Å². The number of nitrogens with one attached hydrogen (secondary N) is 1. The molecule has 0 aliphatic carbocycles. The maximum Gasteiger partial charge on any atom is 0.325 e. The summed E-state index contributed by atoms with van der Waals surface area (Å²) in [4.78, 5) is 45.1. The van der Waals surface area contributed by atoms with Gasteiger partial charge in [0, 0.05) is 5.69 Å². The molecule has 8 nitrogen and oxygen atoms in total. The van der Waals surface area contributed by atoms with Gasteiger partial charge in [-0.1, -0.05) is 104 Å². The quantitative estimate of drug-likeness (QED) is 0.231. The maximum atomic E-state index is 14.6. The van der Waals surface area contributed by atoms with Crippen LogP contribution in [0.25, 0.3) is 0 Å². The van der Waals surface area contributed by atoms with Crippen LogP contribution in [0.2, 0.25) is 0 Å². The number of para-hydroxylation sites is 1. The Kier molecular flexibility index (Phi) is 6.78. The summed E-state index contributed by atoms with van der Waals surface area (Å²) < 4.78 is 12.0. The second-order valence-corrected chi connectivity index (χ2v) is 11.3. The lowest BCUT2D eigenvalue weighted by molar-refractivity contribution is -0.180. The number of benzene rings is 4. The molecule has 0 saturated carbocycles. The van der Waals surface area contributed by atoms with Gasteiger partial charge >= 0.3 is 11.9 Å². The Morgan fingerprint density at radius 3 is 2.18 bits per heavy atom. The van der Waals surface area contributed by atoms with Crippen molar-refractivity contribution in [1.29, 1.82) is 0 Å². The number of aromatic hydroxyl groups is 1. The van der Waals surface area contributed by atoms with Crippen LogP contribution in [0.5, 0.6) is 5.75 Å². The molecule has 4 aromatic carbocycles. The number of carbonyl (C=O) groups is 3. The second-order valence-electron chi connectivity index (χ2n) is 11.3. The summed E-state index contributed by atoms with van der Waals surface area (Å²) in [6.45, 7) is 3.59. The van der Waals surface area contributed by atoms with Gasteiger partial charge < -0.3 is 19.9 Å². The highest BCUT2D eigenvalue weighted by Crippen LogP contribution is 2.64. The molecular weight excluding hydrogens is 556 g/mol. The molecule has 0 unspecified atom stereocenters. The Hall–Kier alpha value is -5.21. The van der Waals surface area contributed by atoms with E-state index in [1.165, 1.54) is 6.08 Å². The Morgan fingerprint density at radius 2 is 1.50 bits per heavy atom. The van der Waals surface area contributed by atoms with E-state index in [1.54, 1.807) is 30.3 Å². The summed E-state index contributed by atoms with van der Waals surface area (Å²) >= 11 is 0. The van der Waals surface area contributed by atoms with Crippen molar-refractivity contribution in [2.75, 3.05) is 11.9 Å². The number of nitrogens with zero attached hydrogens (tertiary/aromatic N) is 1. The summed E-state index contributed by atoms with van der Waals surface area (Å²) in [5.74, 6) is -2.95. The van der Waals surface area contributed by atoms with Gasteiger partial charge in [0.1, 0.15) is 35.8 Å². The van der Waals surface area contributed by atoms with Gasteiger partial charge in [-0.3, -0.25) is 19.3 Å². The number of fused-ring (bicyclic) bond motifs is 3. The molecular formula is C36H30N2O6. The molecule has 8 heteroatoms. The molecule has 2 saturated heterocycles. The van der Waals surface area contributed by atoms with Crippen LogP contribution in [0.3, 0.4) is 0 Å². The first-order valence-corrected chi connectivity index (χ1v) is 14.5. The predicted molar refractivity (Wildman–Crippen MR) is 162 cm³/mol. The first kappa shape index (κ1) is 27.6. The van der Waals surface area contributed by atoms with Gasteiger partial charge in [0.25, 0.3) is 0 Å². The molecule has 2 fully saturated rings. The maximum absolute atomic E-state index is 14.6. The summed E-state index contributed by atoms with van der Waals surface area (Å²) in [5.41, 5.74) is 1.86. The number of carbonyl (C=O) groups excluding carboxylic acids is 3. The Balaban J connectivity index is 1.55. The molecule has 220 valence electrons. The van der Waals surface area contributed by atoms with Crippen molar-refractivity contribution < 1.29 is 29.0 Å². The van der Waals surface area contributed by atoms with E-state index in [2.05, 4.69) is 11.9 Å². The van der Waals surface area contributed by atoms with Crippen molar-refractivity contribution in [3.05, 3.63) is 144 Å². The van der Waals surface area contributed by atoms with E-state index in [4.69, 9.17) is 9.47 Å². The number of morpholine rings is 1. The number of esters is 2. The minimum absolute atomic E-state index is 0.0513. The lowest BCUT2D eigenvalue weighted by Crippen LogP contribution is -2.52. The Labute approximate surface area is 254 Å². The molecule has 2 N–H and O–H groups in total. The molecule has 1 spiro atoms. The summed E-state index contributed by atoms with van der Waals surface area (Å²) in [5, 5.41) is 13.3. The molecule has 6 atom stereocenters. The van der Waals surface area contributed by atoms with Gasteiger partial charge in [-0.25, -0.2) is 0 Å². The van der Waals surface area contributed by atoms with E-state index in [0.717, 1.165) is 11.1 Å². The molecule has 0 radical (unpaired) electrons. The highest BCUT2D eigenvalue weighted by molar-refractivity contribution is 6.11. The minimum Gasteiger partial charge on any atom is -0.508 e. The molecule has 3 aliphatic heterocycles. The number of phenolic OH excluding ortho intramolecular Hbond substituents is 1. The SMILES string of the molecule is C=CCOC(=O)[C@@H]1[C@H]2C(=O)O[C@H](c3ccccc3)[C@H](c3ccccc3)N2[C@H](c2ccc(O)cc2)[C@@]12C(=O)Nc1ccccc12. The average Bonchev–Trinajstić information content (AvgIpc) is 3.53. The topological polar surface area (TPSA) is 105 Å². The van der Waals surface area contributed by atoms with E-state index in [-0.39, 0.29) is 12.4 Å². The zero-order valence-electron chi connectivity index (χ0n) is 23.7. The van der Waals surface area contributed by atoms with Gasteiger partial charge in [0.05, 0.1) is 12.1 Å². The van der Waals surface area contributed by atoms with E-state index in [9.17, 15) is 19.5 Å². The van der Waals surface area contributed by atoms with Gasteiger partial charge in [-0.2, -0.15) is 0 Å². The molecule has 0 bridgehead atoms. The third-order valence-corrected chi connectivity index (χ3v) is 9.02. The average molecular weight is 587 g/mol. The Morgan fingerprint density at radius 1 is 0.864 bits per heavy atom. The summed E-state index contributed by atoms with van der Waals surface area (Å²) in [6, 6.07) is 30.4. The van der Waals surface area contributed by atoms with Crippen LogP contribution in [-0.4, -0.2) is 40.5 Å². The van der Waals surface area contributed by atoms with Gasteiger partial charge in [0.15, 0.2) is 0 Å². The van der Waals surface area contributed by atoms with Crippen molar-refractivity contribution in [2.45, 2.75) is 29.6 Å². The molecule has 1 amide bonds. The van der Waals surface area contributed by atoms with Gasteiger partial charge in [0.2, 0.25) is 5.91 Å². The highest BCUT2D eigenvalue weighted by atomic mass is 16.6. The monoisotopic (exact) mass is 586 g/mol. The predicted octanol–water partition coefficient (Wildman–Crippen LogP) is 5.39. The molecule has 3 heterocycles. The molecule has 4 aromatic rings. The summed E-state index contributed by atoms with van der Waals surface area (Å²) in [6.07, 6.45) is 0.705. The van der Waals surface area contributed by atoms with Crippen molar-refractivity contribution in [3.8, 4) is 5.75 Å². The number of ether oxygens (including phenoxy) is 2. The number of cyclic esters (lactones) is 1. The van der Waals surface area contributed by atoms with E-state index >= 15 is 0 Å². The number of phenols is 1. The van der Waals surface area contributed by atoms with Crippen LogP contribution in [0.15, 0.2) is 122 Å². The molecule has 3 aliphatic rings. The molecule has 0 aromatic heterocycles. The van der Waals surface area contributed by atoms with Crippen LogP contribution in [-0.2, 0) is 29.3 Å². The van der Waals surface area contributed by atoms with Crippen LogP contribution < -0.4 is 5.32 Å². The zero-order chi connectivity index (χ0) is 30.4. The number of anilines is 1. The number of hydrogen-bond acceptors (Lipinski definition) is 7. The smallest absolute Gasteiger partial charge is 0.325 e. The first-order valence-electron chi connectivity index (χ1n) is 14.5. The number of rotatable bonds is 6. The third-order valence-electron chi connectivity index (χ3n) is 9.02. The fraction of sp³-hybridized carbons (Fsp3) is 0.194. The normalized spacial score (nSPS) is 27.2. The number of hydrogen-bond donors (Lipinski definition) is 2. The van der Waals surface area contributed by atoms with Crippen LogP contribution in [0.1, 0.15) is 40.4 Å². The lowest BCUT2D eigenvalue weighted by Gasteiger charge is -2.46. The van der Waals surface area contributed by atoms with E-state index < -0.39 is 53.4 Å². The van der Waals surface area contributed by atoms with Gasteiger partial charge in [-0.15, -0.1) is 0 Å². The largest absolute Gasteiger partial charge is 0.508 e. The third kappa shape index (κ3) is 4.06. The number of amides is 1. The van der Waals surface area contributed by atoms with E-state index in [1.807, 2.05) is 83.8 Å². The molecule has 44 heavy (non-hydrogen) atoms. The van der Waals surface area contributed by atoms with Crippen LogP contribution in [0, 0.1) is 5.92 Å². The van der Waals surface area contributed by atoms with Crippen molar-refractivity contribution in [2.24, 2.45) is 5.92 Å². The van der Waals surface area contributed by atoms with Crippen molar-refractivity contribution in [3.63, 3.8) is 0 Å². The first-order chi connectivity index (χ1) is 21.5. The second kappa shape index (κ2) is 10.8. The van der Waals surface area contributed by atoms with Crippen LogP contribution in [0.4, 0.5) is 5.69 Å². The molecule has 7 rings (SSSR count). The van der Waals surface area contributed by atoms with Gasteiger partial charge in [-0.05, 0) is 40.5 Å². The lowest BCUT2D eigenvalue weighted by atomic mass is 9.65. The zero-order valence-corrected chi connectivity index (χ0v) is 23.7. The standard InChI is InChI=1S/C36H30N2O6/c1-2-21-43-33(40)28-30-34(41)44-31(23-13-7-4-8-14-23)29(22-11-5-3-6-12-22)38(30)32(24-17-19-25(39)20-18-24)36(28)26-15-9-10-16-27(26)37-35(36)42/h2-20,28-32,39H,1,21H2,(H,37,42)/t28-,29-,30-,31+,32+,36-/m0/s1. The highest BCUT2D eigenvalue weighted by Gasteiger charge is 2.74. The summed E-state index contributed by atoms with van der Waals surface area (Å²) in [7, 11) is 0. The van der Waals surface area contributed by atoms with E-state index in [0.29, 0.717) is 16.8 Å². The fourth-order valence-corrected chi connectivity index (χ4v) is 7.40. The van der Waals surface area contributed by atoms with Crippen molar-refractivity contribution in [1.82, 2.24) is 4.90 Å². The fourth-order valence-electron chi connectivity index (χ4n) is 7.40.